The molecule has 0 rings (SSSR count). The summed E-state index contributed by atoms with van der Waals surface area (Å²) >= 11 is 0. The highest BCUT2D eigenvalue weighted by molar-refractivity contribution is 6.29. The van der Waals surface area contributed by atoms with Crippen molar-refractivity contribution in [3.8, 4) is 0 Å². The molecule has 0 aromatic rings. The van der Waals surface area contributed by atoms with Crippen molar-refractivity contribution in [1.29, 1.82) is 0 Å². The Morgan fingerprint density at radius 1 is 1.50 bits per heavy atom. The molecule has 0 atom stereocenters. The van der Waals surface area contributed by atoms with Gasteiger partial charge in [0, 0.05) is 0 Å². The molecule has 44 valence electrons. The molecule has 5 heteroatoms. The summed E-state index contributed by atoms with van der Waals surface area (Å²) in [5, 5.41) is 7.68. The van der Waals surface area contributed by atoms with Gasteiger partial charge in [-0.3, -0.25) is 4.79 Å². The summed E-state index contributed by atoms with van der Waals surface area (Å²) in [5.74, 6) is -3.35. The number of ether oxygens (including phenoxy) is 1. The van der Waals surface area contributed by atoms with Crippen LogP contribution in [0.25, 0.3) is 0 Å². The Morgan fingerprint density at radius 2 is 2.00 bits per heavy atom. The molecule has 0 aliphatic rings. The minimum absolute atomic E-state index is 0.240. The fraction of sp³-hybridized carbons (Fsp3) is 0. The van der Waals surface area contributed by atoms with E-state index < -0.39 is 11.9 Å². The van der Waals surface area contributed by atoms with Crippen LogP contribution in [0.15, 0.2) is 0 Å². The quantitative estimate of drug-likeness (QED) is 0.202. The Kier molecular flexibility index (Phi) is 2.25. The summed E-state index contributed by atoms with van der Waals surface area (Å²) in [6.07, 6.45) is 0. The predicted molar refractivity (Wildman–Crippen MR) is 19.8 cm³/mol. The molecule has 1 N–H and O–H groups in total. The third-order valence-electron chi connectivity index (χ3n) is 0.330. The molecule has 0 bridgehead atoms. The second-order valence-corrected chi connectivity index (χ2v) is 0.807. The standard InChI is InChI=1S/C3H2O5/c4-1-8-3(7)2(5)6/h1H,(H,5,6). The van der Waals surface area contributed by atoms with E-state index in [1.165, 1.54) is 0 Å². The Morgan fingerprint density at radius 3 is 2.12 bits per heavy atom. The maximum absolute atomic E-state index is 9.69. The minimum atomic E-state index is -1.78. The first-order chi connectivity index (χ1) is 3.68. The normalized spacial score (nSPS) is 7.50. The van der Waals surface area contributed by atoms with Crippen LogP contribution in [0.3, 0.4) is 0 Å². The van der Waals surface area contributed by atoms with Crippen molar-refractivity contribution in [3.63, 3.8) is 0 Å². The van der Waals surface area contributed by atoms with E-state index in [4.69, 9.17) is 5.11 Å². The van der Waals surface area contributed by atoms with Crippen molar-refractivity contribution < 1.29 is 24.2 Å². The first kappa shape index (κ1) is 6.61. The highest BCUT2D eigenvalue weighted by Crippen LogP contribution is 1.69. The van der Waals surface area contributed by atoms with Crippen LogP contribution in [0.5, 0.6) is 0 Å². The lowest BCUT2D eigenvalue weighted by atomic mass is 10.7. The lowest BCUT2D eigenvalue weighted by Crippen LogP contribution is -2.14. The fourth-order valence-corrected chi connectivity index (χ4v) is 0.0941. The second kappa shape index (κ2) is 2.73. The third kappa shape index (κ3) is 1.91. The van der Waals surface area contributed by atoms with Gasteiger partial charge in [0.1, 0.15) is 0 Å². The SMILES string of the molecule is O=COC(=O)C(=O)O. The Bertz CT molecular complexity index is 126. The minimum Gasteiger partial charge on any atom is -0.473 e. The monoisotopic (exact) mass is 118 g/mol. The van der Waals surface area contributed by atoms with Crippen molar-refractivity contribution in [2.45, 2.75) is 0 Å². The van der Waals surface area contributed by atoms with Gasteiger partial charge in [-0.2, -0.15) is 0 Å². The Hall–Kier alpha value is -1.39. The van der Waals surface area contributed by atoms with Crippen LogP contribution < -0.4 is 0 Å². The molecule has 0 radical (unpaired) electrons. The number of rotatable bonds is 1. The number of hydrogen-bond acceptors (Lipinski definition) is 4. The van der Waals surface area contributed by atoms with E-state index in [0.29, 0.717) is 0 Å². The van der Waals surface area contributed by atoms with E-state index in [1.807, 2.05) is 0 Å². The van der Waals surface area contributed by atoms with Gasteiger partial charge in [0.15, 0.2) is 0 Å². The number of carbonyl (C=O) groups excluding carboxylic acids is 2. The van der Waals surface area contributed by atoms with Gasteiger partial charge >= 0.3 is 18.4 Å². The molecule has 0 aromatic carbocycles. The van der Waals surface area contributed by atoms with Crippen molar-refractivity contribution in [3.05, 3.63) is 0 Å². The smallest absolute Gasteiger partial charge is 0.424 e. The van der Waals surface area contributed by atoms with Crippen molar-refractivity contribution in [2.75, 3.05) is 0 Å². The van der Waals surface area contributed by atoms with Crippen molar-refractivity contribution >= 4 is 18.4 Å². The van der Waals surface area contributed by atoms with Gasteiger partial charge in [0.2, 0.25) is 0 Å². The van der Waals surface area contributed by atoms with Crippen LogP contribution in [-0.4, -0.2) is 23.5 Å². The molecule has 0 unspecified atom stereocenters. The summed E-state index contributed by atoms with van der Waals surface area (Å²) in [6.45, 7) is -0.240. The van der Waals surface area contributed by atoms with E-state index in [9.17, 15) is 14.4 Å². The highest BCUT2D eigenvalue weighted by atomic mass is 16.6. The molecular weight excluding hydrogens is 116 g/mol. The second-order valence-electron chi connectivity index (χ2n) is 0.807. The lowest BCUT2D eigenvalue weighted by Gasteiger charge is -1.83. The topological polar surface area (TPSA) is 80.7 Å². The van der Waals surface area contributed by atoms with Crippen LogP contribution in [0.1, 0.15) is 0 Å². The zero-order chi connectivity index (χ0) is 6.57. The van der Waals surface area contributed by atoms with Gasteiger partial charge < -0.3 is 9.84 Å². The predicted octanol–water partition coefficient (Wildman–Crippen LogP) is -1.23. The molecule has 8 heavy (non-hydrogen) atoms. The van der Waals surface area contributed by atoms with Gasteiger partial charge in [-0.05, 0) is 0 Å². The van der Waals surface area contributed by atoms with Crippen LogP contribution in [0.4, 0.5) is 0 Å². The average molecular weight is 118 g/mol. The molecule has 0 aromatic heterocycles. The molecule has 5 nitrogen and oxygen atoms in total. The van der Waals surface area contributed by atoms with Crippen molar-refractivity contribution in [2.24, 2.45) is 0 Å². The Labute approximate surface area is 43.9 Å². The summed E-state index contributed by atoms with van der Waals surface area (Å²) in [5.41, 5.74) is 0. The molecule has 0 saturated carbocycles. The maximum atomic E-state index is 9.69. The Balaban J connectivity index is 3.65. The molecule has 0 saturated heterocycles. The summed E-state index contributed by atoms with van der Waals surface area (Å²) in [4.78, 5) is 28.4. The van der Waals surface area contributed by atoms with Gasteiger partial charge in [-0.15, -0.1) is 0 Å². The van der Waals surface area contributed by atoms with Crippen LogP contribution >= 0.6 is 0 Å². The molecular formula is C3H2O5. The van der Waals surface area contributed by atoms with Crippen LogP contribution in [-0.2, 0) is 19.1 Å². The average Bonchev–Trinajstić information content (AvgIpc) is 1.67. The lowest BCUT2D eigenvalue weighted by molar-refractivity contribution is -0.166. The van der Waals surface area contributed by atoms with Crippen molar-refractivity contribution in [1.82, 2.24) is 0 Å². The number of esters is 1. The largest absolute Gasteiger partial charge is 0.473 e. The molecule has 0 aliphatic heterocycles. The molecule has 0 amide bonds. The summed E-state index contributed by atoms with van der Waals surface area (Å²) in [7, 11) is 0. The first-order valence-electron chi connectivity index (χ1n) is 1.56. The number of hydrogen-bond donors (Lipinski definition) is 1. The van der Waals surface area contributed by atoms with Gasteiger partial charge in [-0.1, -0.05) is 0 Å². The number of aliphatic carboxylic acids is 1. The van der Waals surface area contributed by atoms with E-state index >= 15 is 0 Å². The van der Waals surface area contributed by atoms with E-state index in [1.54, 1.807) is 0 Å². The fourth-order valence-electron chi connectivity index (χ4n) is 0.0941. The first-order valence-corrected chi connectivity index (χ1v) is 1.56. The molecule has 0 heterocycles. The molecule has 0 fully saturated rings. The van der Waals surface area contributed by atoms with Gasteiger partial charge in [-0.25, -0.2) is 9.59 Å². The van der Waals surface area contributed by atoms with E-state index in [0.717, 1.165) is 0 Å². The molecule has 0 aliphatic carbocycles. The zero-order valence-electron chi connectivity index (χ0n) is 3.66. The number of carboxylic acids is 1. The number of carboxylic acid groups (broad SMARTS) is 1. The number of carbonyl (C=O) groups is 3. The van der Waals surface area contributed by atoms with Crippen LogP contribution in [0.2, 0.25) is 0 Å². The van der Waals surface area contributed by atoms with Crippen LogP contribution in [0, 0.1) is 0 Å². The summed E-state index contributed by atoms with van der Waals surface area (Å²) < 4.78 is 3.38. The molecule has 0 spiro atoms. The van der Waals surface area contributed by atoms with Gasteiger partial charge in [0.05, 0.1) is 0 Å². The maximum Gasteiger partial charge on any atom is 0.424 e. The highest BCUT2D eigenvalue weighted by Gasteiger charge is 2.10. The van der Waals surface area contributed by atoms with E-state index in [2.05, 4.69) is 4.74 Å². The van der Waals surface area contributed by atoms with E-state index in [-0.39, 0.29) is 6.47 Å². The third-order valence-corrected chi connectivity index (χ3v) is 0.330. The summed E-state index contributed by atoms with van der Waals surface area (Å²) in [6, 6.07) is 0. The zero-order valence-corrected chi connectivity index (χ0v) is 3.66. The van der Waals surface area contributed by atoms with Gasteiger partial charge in [0.25, 0.3) is 0 Å².